The molecular formula is C20H18FN. The minimum absolute atomic E-state index is 0.305. The minimum Gasteiger partial charge on any atom is -0.206 e. The van der Waals surface area contributed by atoms with Crippen LogP contribution in [0.15, 0.2) is 42.5 Å². The van der Waals surface area contributed by atoms with Gasteiger partial charge in [0.15, 0.2) is 0 Å². The van der Waals surface area contributed by atoms with Crippen LogP contribution in [0, 0.1) is 29.0 Å². The number of hydrogen-bond donors (Lipinski definition) is 0. The Bertz CT molecular complexity index is 727. The topological polar surface area (TPSA) is 23.8 Å². The lowest BCUT2D eigenvalue weighted by Crippen LogP contribution is -1.87. The standard InChI is InChI=1S/C20H18FN/c1-2-3-4-5-16-6-8-17(9-7-16)10-12-19-13-11-18(15-22)14-20(19)21/h6-9,11,13-14H,2-5H2,1H3. The quantitative estimate of drug-likeness (QED) is 0.584. The molecule has 0 aliphatic heterocycles. The van der Waals surface area contributed by atoms with Gasteiger partial charge in [-0.05, 0) is 48.7 Å². The molecule has 0 saturated heterocycles. The third-order valence-electron chi connectivity index (χ3n) is 3.46. The Kier molecular flexibility index (Phi) is 5.75. The van der Waals surface area contributed by atoms with Crippen molar-refractivity contribution >= 4 is 0 Å². The van der Waals surface area contributed by atoms with Crippen molar-refractivity contribution in [2.24, 2.45) is 0 Å². The zero-order valence-electron chi connectivity index (χ0n) is 12.7. The summed E-state index contributed by atoms with van der Waals surface area (Å²) in [7, 11) is 0. The summed E-state index contributed by atoms with van der Waals surface area (Å²) in [5.41, 5.74) is 2.79. The van der Waals surface area contributed by atoms with Crippen LogP contribution >= 0.6 is 0 Å². The number of hydrogen-bond acceptors (Lipinski definition) is 1. The summed E-state index contributed by atoms with van der Waals surface area (Å²) in [6, 6.07) is 14.3. The number of nitrogens with zero attached hydrogens (tertiary/aromatic N) is 1. The molecule has 0 saturated carbocycles. The first-order chi connectivity index (χ1) is 10.7. The van der Waals surface area contributed by atoms with E-state index in [1.165, 1.54) is 30.9 Å². The molecule has 2 rings (SSSR count). The number of rotatable bonds is 4. The number of benzene rings is 2. The fraction of sp³-hybridized carbons (Fsp3) is 0.250. The maximum Gasteiger partial charge on any atom is 0.140 e. The fourth-order valence-electron chi connectivity index (χ4n) is 2.16. The van der Waals surface area contributed by atoms with E-state index in [0.717, 1.165) is 12.0 Å². The van der Waals surface area contributed by atoms with Gasteiger partial charge in [-0.3, -0.25) is 0 Å². The molecule has 0 aliphatic rings. The highest BCUT2D eigenvalue weighted by molar-refractivity contribution is 5.46. The Morgan fingerprint density at radius 3 is 2.32 bits per heavy atom. The van der Waals surface area contributed by atoms with Crippen molar-refractivity contribution in [3.63, 3.8) is 0 Å². The first kappa shape index (κ1) is 15.8. The van der Waals surface area contributed by atoms with Gasteiger partial charge in [-0.25, -0.2) is 4.39 Å². The maximum absolute atomic E-state index is 13.7. The number of unbranched alkanes of at least 4 members (excludes halogenated alkanes) is 2. The van der Waals surface area contributed by atoms with E-state index in [4.69, 9.17) is 5.26 Å². The van der Waals surface area contributed by atoms with Crippen LogP contribution in [0.3, 0.4) is 0 Å². The Morgan fingerprint density at radius 1 is 0.955 bits per heavy atom. The van der Waals surface area contributed by atoms with Crippen LogP contribution in [0.25, 0.3) is 0 Å². The molecule has 2 aromatic rings. The summed E-state index contributed by atoms with van der Waals surface area (Å²) in [6.45, 7) is 2.20. The van der Waals surface area contributed by atoms with Crippen molar-refractivity contribution in [3.8, 4) is 17.9 Å². The molecule has 0 spiro atoms. The molecule has 0 aromatic heterocycles. The Hall–Kier alpha value is -2.58. The van der Waals surface area contributed by atoms with Gasteiger partial charge in [0, 0.05) is 5.56 Å². The zero-order chi connectivity index (χ0) is 15.8. The van der Waals surface area contributed by atoms with Crippen molar-refractivity contribution < 1.29 is 4.39 Å². The SMILES string of the molecule is CCCCCc1ccc(C#Cc2ccc(C#N)cc2F)cc1. The highest BCUT2D eigenvalue weighted by Crippen LogP contribution is 2.10. The highest BCUT2D eigenvalue weighted by atomic mass is 19.1. The van der Waals surface area contributed by atoms with Crippen LogP contribution < -0.4 is 0 Å². The lowest BCUT2D eigenvalue weighted by atomic mass is 10.1. The molecular weight excluding hydrogens is 273 g/mol. The van der Waals surface area contributed by atoms with E-state index in [2.05, 4.69) is 30.9 Å². The van der Waals surface area contributed by atoms with Gasteiger partial charge in [0.25, 0.3) is 0 Å². The smallest absolute Gasteiger partial charge is 0.140 e. The molecule has 110 valence electrons. The first-order valence-electron chi connectivity index (χ1n) is 7.53. The van der Waals surface area contributed by atoms with Gasteiger partial charge in [0.2, 0.25) is 0 Å². The Morgan fingerprint density at radius 2 is 1.68 bits per heavy atom. The lowest BCUT2D eigenvalue weighted by molar-refractivity contribution is 0.624. The molecule has 0 N–H and O–H groups in total. The maximum atomic E-state index is 13.7. The predicted molar refractivity (Wildman–Crippen MR) is 86.8 cm³/mol. The largest absolute Gasteiger partial charge is 0.206 e. The van der Waals surface area contributed by atoms with Crippen LogP contribution in [0.5, 0.6) is 0 Å². The second kappa shape index (κ2) is 8.01. The van der Waals surface area contributed by atoms with Crippen molar-refractivity contribution in [1.82, 2.24) is 0 Å². The van der Waals surface area contributed by atoms with E-state index >= 15 is 0 Å². The van der Waals surface area contributed by atoms with Crippen molar-refractivity contribution in [1.29, 1.82) is 5.26 Å². The van der Waals surface area contributed by atoms with Crippen molar-refractivity contribution in [2.45, 2.75) is 32.6 Å². The molecule has 2 aromatic carbocycles. The predicted octanol–water partition coefficient (Wildman–Crippen LogP) is 4.83. The second-order valence-corrected chi connectivity index (χ2v) is 5.21. The third kappa shape index (κ3) is 4.47. The van der Waals surface area contributed by atoms with E-state index in [0.29, 0.717) is 11.1 Å². The summed E-state index contributed by atoms with van der Waals surface area (Å²) < 4.78 is 13.7. The monoisotopic (exact) mass is 291 g/mol. The number of nitriles is 1. The van der Waals surface area contributed by atoms with Crippen LogP contribution in [-0.2, 0) is 6.42 Å². The van der Waals surface area contributed by atoms with Gasteiger partial charge in [-0.1, -0.05) is 43.7 Å². The molecule has 22 heavy (non-hydrogen) atoms. The van der Waals surface area contributed by atoms with Crippen molar-refractivity contribution in [3.05, 3.63) is 70.5 Å². The normalized spacial score (nSPS) is 9.68. The fourth-order valence-corrected chi connectivity index (χ4v) is 2.16. The summed E-state index contributed by atoms with van der Waals surface area (Å²) in [5.74, 6) is 5.32. The van der Waals surface area contributed by atoms with Gasteiger partial charge >= 0.3 is 0 Å². The second-order valence-electron chi connectivity index (χ2n) is 5.21. The van der Waals surface area contributed by atoms with Crippen LogP contribution in [0.2, 0.25) is 0 Å². The minimum atomic E-state index is -0.456. The molecule has 0 aliphatic carbocycles. The van der Waals surface area contributed by atoms with Gasteiger partial charge in [0.1, 0.15) is 5.82 Å². The average molecular weight is 291 g/mol. The summed E-state index contributed by atoms with van der Waals surface area (Å²) >= 11 is 0. The molecule has 0 bridgehead atoms. The number of aryl methyl sites for hydroxylation is 1. The third-order valence-corrected chi connectivity index (χ3v) is 3.46. The molecule has 0 heterocycles. The molecule has 0 atom stereocenters. The summed E-state index contributed by atoms with van der Waals surface area (Å²) in [6.07, 6.45) is 4.77. The van der Waals surface area contributed by atoms with Gasteiger partial charge in [0.05, 0.1) is 17.2 Å². The highest BCUT2D eigenvalue weighted by Gasteiger charge is 2.00. The van der Waals surface area contributed by atoms with E-state index in [1.54, 1.807) is 12.1 Å². The summed E-state index contributed by atoms with van der Waals surface area (Å²) in [5, 5.41) is 8.71. The van der Waals surface area contributed by atoms with E-state index in [1.807, 2.05) is 18.2 Å². The van der Waals surface area contributed by atoms with Crippen molar-refractivity contribution in [2.75, 3.05) is 0 Å². The summed E-state index contributed by atoms with van der Waals surface area (Å²) in [4.78, 5) is 0. The van der Waals surface area contributed by atoms with Gasteiger partial charge in [-0.15, -0.1) is 0 Å². The Balaban J connectivity index is 2.07. The van der Waals surface area contributed by atoms with E-state index in [-0.39, 0.29) is 0 Å². The van der Waals surface area contributed by atoms with Gasteiger partial charge < -0.3 is 0 Å². The molecule has 0 amide bonds. The van der Waals surface area contributed by atoms with Crippen LogP contribution in [0.1, 0.15) is 48.4 Å². The zero-order valence-corrected chi connectivity index (χ0v) is 12.7. The molecule has 0 unspecified atom stereocenters. The Labute approximate surface area is 131 Å². The number of halogens is 1. The molecule has 2 heteroatoms. The molecule has 0 radical (unpaired) electrons. The average Bonchev–Trinajstić information content (AvgIpc) is 2.55. The first-order valence-corrected chi connectivity index (χ1v) is 7.53. The van der Waals surface area contributed by atoms with Crippen LogP contribution in [-0.4, -0.2) is 0 Å². The molecule has 1 nitrogen and oxygen atoms in total. The van der Waals surface area contributed by atoms with E-state index < -0.39 is 5.82 Å². The molecule has 0 fully saturated rings. The lowest BCUT2D eigenvalue weighted by Gasteiger charge is -2.00. The van der Waals surface area contributed by atoms with Gasteiger partial charge in [-0.2, -0.15) is 5.26 Å². The van der Waals surface area contributed by atoms with Crippen LogP contribution in [0.4, 0.5) is 4.39 Å². The van der Waals surface area contributed by atoms with E-state index in [9.17, 15) is 4.39 Å².